The van der Waals surface area contributed by atoms with Crippen molar-refractivity contribution in [1.29, 1.82) is 0 Å². The minimum Gasteiger partial charge on any atom is -0.480 e. The van der Waals surface area contributed by atoms with Gasteiger partial charge in [0.1, 0.15) is 17.2 Å². The monoisotopic (exact) mass is 340 g/mol. The summed E-state index contributed by atoms with van der Waals surface area (Å²) in [6.07, 6.45) is 2.55. The Morgan fingerprint density at radius 2 is 2.04 bits per heavy atom. The van der Waals surface area contributed by atoms with Crippen LogP contribution in [0.25, 0.3) is 0 Å². The number of aliphatic carboxylic acids is 1. The number of nitrogens with zero attached hydrogens (tertiary/aromatic N) is 1. The van der Waals surface area contributed by atoms with Crippen molar-refractivity contribution < 1.29 is 24.2 Å². The number of carboxylic acid groups (broad SMARTS) is 1. The zero-order valence-electron chi connectivity index (χ0n) is 14.9. The van der Waals surface area contributed by atoms with Gasteiger partial charge in [-0.05, 0) is 46.5 Å². The molecule has 1 aliphatic heterocycles. The molecular formula is C17H28N2O5. The van der Waals surface area contributed by atoms with Crippen LogP contribution in [0.2, 0.25) is 0 Å². The summed E-state index contributed by atoms with van der Waals surface area (Å²) in [6, 6.07) is -1.06. The predicted molar refractivity (Wildman–Crippen MR) is 89.6 cm³/mol. The van der Waals surface area contributed by atoms with Gasteiger partial charge in [-0.2, -0.15) is 0 Å². The number of amides is 2. The van der Waals surface area contributed by atoms with Crippen LogP contribution in [0, 0.1) is 0 Å². The number of hydrogen-bond donors (Lipinski definition) is 2. The SMILES string of the molecule is C=CCC(NC(=O)C1(CC)CCCN1C(=O)OC(C)(C)C)C(=O)O. The van der Waals surface area contributed by atoms with Crippen LogP contribution >= 0.6 is 0 Å². The molecule has 0 aliphatic carbocycles. The number of ether oxygens (including phenoxy) is 1. The third-order valence-electron chi connectivity index (χ3n) is 4.12. The quantitative estimate of drug-likeness (QED) is 0.723. The third-order valence-corrected chi connectivity index (χ3v) is 4.12. The van der Waals surface area contributed by atoms with Crippen LogP contribution in [-0.2, 0) is 14.3 Å². The average Bonchev–Trinajstić information content (AvgIpc) is 2.90. The molecule has 1 saturated heterocycles. The van der Waals surface area contributed by atoms with E-state index in [0.29, 0.717) is 25.8 Å². The second kappa shape index (κ2) is 7.68. The molecule has 1 fully saturated rings. The van der Waals surface area contributed by atoms with Gasteiger partial charge < -0.3 is 15.2 Å². The first kappa shape index (κ1) is 20.0. The van der Waals surface area contributed by atoms with Crippen LogP contribution < -0.4 is 5.32 Å². The normalized spacial score (nSPS) is 21.9. The summed E-state index contributed by atoms with van der Waals surface area (Å²) >= 11 is 0. The smallest absolute Gasteiger partial charge is 0.411 e. The fourth-order valence-electron chi connectivity index (χ4n) is 2.91. The summed E-state index contributed by atoms with van der Waals surface area (Å²) < 4.78 is 5.40. The van der Waals surface area contributed by atoms with Gasteiger partial charge in [-0.1, -0.05) is 13.0 Å². The fraction of sp³-hybridized carbons (Fsp3) is 0.706. The Kier molecular flexibility index (Phi) is 6.40. The average molecular weight is 340 g/mol. The number of likely N-dealkylation sites (tertiary alicyclic amines) is 1. The summed E-state index contributed by atoms with van der Waals surface area (Å²) in [6.45, 7) is 11.0. The van der Waals surface area contributed by atoms with Gasteiger partial charge in [0, 0.05) is 6.54 Å². The Labute approximate surface area is 143 Å². The van der Waals surface area contributed by atoms with E-state index in [1.807, 2.05) is 6.92 Å². The Morgan fingerprint density at radius 3 is 2.50 bits per heavy atom. The molecule has 0 radical (unpaired) electrons. The topological polar surface area (TPSA) is 95.9 Å². The van der Waals surface area contributed by atoms with Gasteiger partial charge in [-0.25, -0.2) is 9.59 Å². The summed E-state index contributed by atoms with van der Waals surface area (Å²) in [7, 11) is 0. The Hall–Kier alpha value is -2.05. The Bertz CT molecular complexity index is 512. The van der Waals surface area contributed by atoms with E-state index in [1.54, 1.807) is 20.8 Å². The zero-order chi connectivity index (χ0) is 18.5. The lowest BCUT2D eigenvalue weighted by Crippen LogP contribution is -2.60. The summed E-state index contributed by atoms with van der Waals surface area (Å²) in [5.74, 6) is -1.58. The van der Waals surface area contributed by atoms with Gasteiger partial charge >= 0.3 is 12.1 Å². The maximum absolute atomic E-state index is 12.8. The van der Waals surface area contributed by atoms with E-state index < -0.39 is 35.2 Å². The van der Waals surface area contributed by atoms with Gasteiger partial charge in [-0.15, -0.1) is 6.58 Å². The van der Waals surface area contributed by atoms with Crippen molar-refractivity contribution in [2.45, 2.75) is 70.6 Å². The summed E-state index contributed by atoms with van der Waals surface area (Å²) in [4.78, 5) is 38.0. The lowest BCUT2D eigenvalue weighted by atomic mass is 9.91. The molecule has 1 aliphatic rings. The molecule has 2 N–H and O–H groups in total. The van der Waals surface area contributed by atoms with Crippen molar-refractivity contribution in [2.24, 2.45) is 0 Å². The molecule has 1 rings (SSSR count). The van der Waals surface area contributed by atoms with Crippen LogP contribution in [0.5, 0.6) is 0 Å². The molecule has 0 aromatic heterocycles. The molecule has 2 unspecified atom stereocenters. The number of carbonyl (C=O) groups is 3. The molecule has 2 atom stereocenters. The van der Waals surface area contributed by atoms with Gasteiger partial charge in [0.05, 0.1) is 0 Å². The van der Waals surface area contributed by atoms with Crippen molar-refractivity contribution >= 4 is 18.0 Å². The van der Waals surface area contributed by atoms with E-state index in [4.69, 9.17) is 4.74 Å². The summed E-state index contributed by atoms with van der Waals surface area (Å²) in [5.41, 5.74) is -1.74. The Morgan fingerprint density at radius 1 is 1.42 bits per heavy atom. The van der Waals surface area contributed by atoms with E-state index in [0.717, 1.165) is 0 Å². The number of hydrogen-bond acceptors (Lipinski definition) is 4. The van der Waals surface area contributed by atoms with E-state index in [2.05, 4.69) is 11.9 Å². The van der Waals surface area contributed by atoms with Gasteiger partial charge in [0.15, 0.2) is 0 Å². The number of rotatable bonds is 6. The van der Waals surface area contributed by atoms with Crippen molar-refractivity contribution in [3.63, 3.8) is 0 Å². The largest absolute Gasteiger partial charge is 0.480 e. The fourth-order valence-corrected chi connectivity index (χ4v) is 2.91. The molecule has 7 nitrogen and oxygen atoms in total. The molecule has 0 aromatic carbocycles. The van der Waals surface area contributed by atoms with Crippen LogP contribution in [-0.4, -0.2) is 51.7 Å². The lowest BCUT2D eigenvalue weighted by molar-refractivity contribution is -0.144. The highest BCUT2D eigenvalue weighted by atomic mass is 16.6. The van der Waals surface area contributed by atoms with Crippen LogP contribution in [0.15, 0.2) is 12.7 Å². The third kappa shape index (κ3) is 4.49. The number of nitrogens with one attached hydrogen (secondary N) is 1. The van der Waals surface area contributed by atoms with Gasteiger partial charge in [-0.3, -0.25) is 9.69 Å². The molecule has 0 bridgehead atoms. The molecule has 24 heavy (non-hydrogen) atoms. The molecule has 0 spiro atoms. The van der Waals surface area contributed by atoms with Crippen molar-refractivity contribution in [3.8, 4) is 0 Å². The molecular weight excluding hydrogens is 312 g/mol. The second-order valence-corrected chi connectivity index (χ2v) is 7.01. The van der Waals surface area contributed by atoms with E-state index in [9.17, 15) is 19.5 Å². The highest BCUT2D eigenvalue weighted by Crippen LogP contribution is 2.34. The van der Waals surface area contributed by atoms with Gasteiger partial charge in [0.2, 0.25) is 5.91 Å². The maximum atomic E-state index is 12.8. The lowest BCUT2D eigenvalue weighted by Gasteiger charge is -2.37. The highest BCUT2D eigenvalue weighted by molar-refractivity contribution is 5.93. The molecule has 7 heteroatoms. The van der Waals surface area contributed by atoms with Crippen molar-refractivity contribution in [1.82, 2.24) is 10.2 Å². The van der Waals surface area contributed by atoms with Crippen molar-refractivity contribution in [3.05, 3.63) is 12.7 Å². The zero-order valence-corrected chi connectivity index (χ0v) is 14.9. The first-order valence-corrected chi connectivity index (χ1v) is 8.22. The molecule has 0 saturated carbocycles. The highest BCUT2D eigenvalue weighted by Gasteiger charge is 2.50. The molecule has 0 aromatic rings. The van der Waals surface area contributed by atoms with E-state index >= 15 is 0 Å². The number of carboxylic acids is 1. The second-order valence-electron chi connectivity index (χ2n) is 7.01. The molecule has 136 valence electrons. The molecule has 1 heterocycles. The van der Waals surface area contributed by atoms with Crippen LogP contribution in [0.4, 0.5) is 4.79 Å². The van der Waals surface area contributed by atoms with Crippen LogP contribution in [0.1, 0.15) is 53.4 Å². The van der Waals surface area contributed by atoms with E-state index in [-0.39, 0.29) is 6.42 Å². The minimum atomic E-state index is -1.13. The van der Waals surface area contributed by atoms with E-state index in [1.165, 1.54) is 11.0 Å². The maximum Gasteiger partial charge on any atom is 0.411 e. The van der Waals surface area contributed by atoms with Crippen LogP contribution in [0.3, 0.4) is 0 Å². The first-order chi connectivity index (χ1) is 11.1. The minimum absolute atomic E-state index is 0.118. The number of carbonyl (C=O) groups excluding carboxylic acids is 2. The standard InChI is InChI=1S/C17H28N2O5/c1-6-9-12(13(20)21)18-14(22)17(7-2)10-8-11-19(17)15(23)24-16(3,4)5/h6,12H,1,7-11H2,2-5H3,(H,18,22)(H,20,21). The first-order valence-electron chi connectivity index (χ1n) is 8.22. The van der Waals surface area contributed by atoms with Gasteiger partial charge in [0.25, 0.3) is 0 Å². The predicted octanol–water partition coefficient (Wildman–Crippen LogP) is 2.31. The Balaban J connectivity index is 3.00. The molecule has 2 amide bonds. The van der Waals surface area contributed by atoms with Crippen molar-refractivity contribution in [2.75, 3.05) is 6.54 Å². The summed E-state index contributed by atoms with van der Waals surface area (Å²) in [5, 5.41) is 11.8.